The van der Waals surface area contributed by atoms with Crippen molar-refractivity contribution in [3.05, 3.63) is 112 Å². The number of phenolic OH excluding ortho intramolecular Hbond substituents is 1. The topological polar surface area (TPSA) is 84.1 Å². The van der Waals surface area contributed by atoms with E-state index in [1.54, 1.807) is 12.1 Å². The Labute approximate surface area is 184 Å². The number of phenols is 1. The molecule has 33 heavy (non-hydrogen) atoms. The van der Waals surface area contributed by atoms with E-state index in [-0.39, 0.29) is 46.9 Å². The van der Waals surface area contributed by atoms with Crippen molar-refractivity contribution in [2.45, 2.75) is 12.8 Å². The van der Waals surface area contributed by atoms with E-state index in [0.717, 1.165) is 12.1 Å². The van der Waals surface area contributed by atoms with Crippen LogP contribution in [0.5, 0.6) is 5.75 Å². The SMILES string of the molecule is O=c1c(Cc2ccco2)nc2c(Cc3c(F)cccc3F)[nH]c(-c3cccc(O)c3F)cn1-2. The molecule has 3 heterocycles. The number of hydrogen-bond donors (Lipinski definition) is 2. The lowest BCUT2D eigenvalue weighted by atomic mass is 10.1. The van der Waals surface area contributed by atoms with Gasteiger partial charge in [0.05, 0.1) is 24.1 Å². The number of halogens is 3. The molecule has 0 atom stereocenters. The van der Waals surface area contributed by atoms with Crippen LogP contribution in [0.1, 0.15) is 22.7 Å². The van der Waals surface area contributed by atoms with Crippen LogP contribution in [0.3, 0.4) is 0 Å². The largest absolute Gasteiger partial charge is 0.505 e. The summed E-state index contributed by atoms with van der Waals surface area (Å²) in [6.07, 6.45) is 2.65. The van der Waals surface area contributed by atoms with E-state index in [4.69, 9.17) is 4.42 Å². The molecule has 166 valence electrons. The minimum absolute atomic E-state index is 0.0205. The number of fused-ring (bicyclic) bond motifs is 1. The van der Waals surface area contributed by atoms with E-state index in [1.165, 1.54) is 41.3 Å². The van der Waals surface area contributed by atoms with Crippen molar-refractivity contribution in [2.75, 3.05) is 0 Å². The molecule has 0 unspecified atom stereocenters. The Morgan fingerprint density at radius 1 is 1.00 bits per heavy atom. The van der Waals surface area contributed by atoms with Crippen molar-refractivity contribution < 1.29 is 22.7 Å². The summed E-state index contributed by atoms with van der Waals surface area (Å²) in [7, 11) is 0. The molecule has 9 heteroatoms. The number of furan rings is 1. The van der Waals surface area contributed by atoms with Gasteiger partial charge in [-0.2, -0.15) is 0 Å². The van der Waals surface area contributed by atoms with E-state index < -0.39 is 28.8 Å². The first-order chi connectivity index (χ1) is 15.9. The first-order valence-electron chi connectivity index (χ1n) is 9.98. The van der Waals surface area contributed by atoms with Crippen LogP contribution in [0.4, 0.5) is 13.2 Å². The molecule has 1 aromatic heterocycles. The average molecular weight is 451 g/mol. The molecule has 2 aliphatic rings. The number of aromatic nitrogens is 3. The smallest absolute Gasteiger partial charge is 0.278 e. The predicted molar refractivity (Wildman–Crippen MR) is 113 cm³/mol. The Bertz CT molecular complexity index is 1470. The summed E-state index contributed by atoms with van der Waals surface area (Å²) in [5.41, 5.74) is -0.251. The van der Waals surface area contributed by atoms with Gasteiger partial charge < -0.3 is 14.5 Å². The summed E-state index contributed by atoms with van der Waals surface area (Å²) in [6.45, 7) is 0. The fourth-order valence-corrected chi connectivity index (χ4v) is 3.74. The van der Waals surface area contributed by atoms with Crippen molar-refractivity contribution in [3.8, 4) is 22.8 Å². The van der Waals surface area contributed by atoms with Crippen molar-refractivity contribution in [3.63, 3.8) is 0 Å². The van der Waals surface area contributed by atoms with Crippen LogP contribution in [0.2, 0.25) is 0 Å². The average Bonchev–Trinajstić information content (AvgIpc) is 3.41. The van der Waals surface area contributed by atoms with Crippen LogP contribution in [-0.2, 0) is 12.8 Å². The van der Waals surface area contributed by atoms with Crippen LogP contribution in [0.15, 0.2) is 70.2 Å². The monoisotopic (exact) mass is 451 g/mol. The highest BCUT2D eigenvalue weighted by atomic mass is 19.1. The molecule has 2 N–H and O–H groups in total. The predicted octanol–water partition coefficient (Wildman–Crippen LogP) is 4.56. The summed E-state index contributed by atoms with van der Waals surface area (Å²) in [5.74, 6) is -2.34. The second-order valence-electron chi connectivity index (χ2n) is 7.48. The third-order valence-corrected chi connectivity index (χ3v) is 5.35. The minimum Gasteiger partial charge on any atom is -0.505 e. The molecule has 0 bridgehead atoms. The molecule has 2 aromatic carbocycles. The van der Waals surface area contributed by atoms with Gasteiger partial charge in [0.25, 0.3) is 5.56 Å². The summed E-state index contributed by atoms with van der Waals surface area (Å²) in [6, 6.07) is 10.9. The summed E-state index contributed by atoms with van der Waals surface area (Å²) in [5, 5.41) is 9.78. The van der Waals surface area contributed by atoms with Gasteiger partial charge in [-0.3, -0.25) is 9.36 Å². The zero-order valence-corrected chi connectivity index (χ0v) is 17.0. The minimum atomic E-state index is -0.903. The number of benzene rings is 2. The Morgan fingerprint density at radius 2 is 1.76 bits per heavy atom. The zero-order chi connectivity index (χ0) is 23.1. The standard InChI is InChI=1S/C24H16F3N3O3/c25-16-6-2-7-17(26)15(16)11-18-23-29-19(10-13-4-3-9-33-13)24(32)30(23)12-20(28-18)14-5-1-8-21(31)22(14)27/h1-9,12,28,31H,10-11H2. The Kier molecular flexibility index (Phi) is 5.01. The Morgan fingerprint density at radius 3 is 2.48 bits per heavy atom. The lowest BCUT2D eigenvalue weighted by Crippen LogP contribution is -2.18. The van der Waals surface area contributed by atoms with Crippen molar-refractivity contribution in [1.29, 1.82) is 0 Å². The van der Waals surface area contributed by atoms with Gasteiger partial charge in [-0.05, 0) is 36.4 Å². The summed E-state index contributed by atoms with van der Waals surface area (Å²) >= 11 is 0. The van der Waals surface area contributed by atoms with Crippen LogP contribution >= 0.6 is 0 Å². The van der Waals surface area contributed by atoms with Crippen molar-refractivity contribution >= 4 is 0 Å². The number of aromatic hydroxyl groups is 1. The van der Waals surface area contributed by atoms with Gasteiger partial charge in [0.2, 0.25) is 0 Å². The van der Waals surface area contributed by atoms with Gasteiger partial charge in [0.1, 0.15) is 23.1 Å². The van der Waals surface area contributed by atoms with Gasteiger partial charge >= 0.3 is 0 Å². The van der Waals surface area contributed by atoms with Crippen molar-refractivity contribution in [1.82, 2.24) is 14.5 Å². The molecule has 0 radical (unpaired) electrons. The normalized spacial score (nSPS) is 11.4. The number of aromatic amines is 1. The molecule has 0 aliphatic carbocycles. The first kappa shape index (κ1) is 20.6. The third kappa shape index (κ3) is 3.67. The number of rotatable bonds is 5. The number of H-pyrrole nitrogens is 1. The van der Waals surface area contributed by atoms with Crippen LogP contribution < -0.4 is 5.56 Å². The van der Waals surface area contributed by atoms with Crippen LogP contribution in [-0.4, -0.2) is 19.6 Å². The maximum absolute atomic E-state index is 14.6. The number of nitrogens with zero attached hydrogens (tertiary/aromatic N) is 2. The van der Waals surface area contributed by atoms with Gasteiger partial charge in [-0.1, -0.05) is 12.1 Å². The molecule has 6 nitrogen and oxygen atoms in total. The molecule has 0 saturated carbocycles. The van der Waals surface area contributed by atoms with Gasteiger partial charge in [-0.25, -0.2) is 18.2 Å². The molecule has 5 rings (SSSR count). The molecular formula is C24H16F3N3O3. The third-order valence-electron chi connectivity index (χ3n) is 5.35. The lowest BCUT2D eigenvalue weighted by molar-refractivity contribution is 0.433. The lowest BCUT2D eigenvalue weighted by Gasteiger charge is -2.14. The number of nitrogens with one attached hydrogen (secondary N) is 1. The summed E-state index contributed by atoms with van der Waals surface area (Å²) in [4.78, 5) is 20.4. The quantitative estimate of drug-likeness (QED) is 0.410. The molecule has 0 saturated heterocycles. The summed E-state index contributed by atoms with van der Waals surface area (Å²) < 4.78 is 49.8. The molecule has 2 aliphatic heterocycles. The van der Waals surface area contributed by atoms with E-state index >= 15 is 0 Å². The number of imidazole rings is 1. The molecule has 3 aromatic rings. The molecule has 0 amide bonds. The molecule has 0 fully saturated rings. The fraction of sp³-hybridized carbons (Fsp3) is 0.0833. The maximum atomic E-state index is 14.6. The Hall–Kier alpha value is -4.27. The number of hydrogen-bond acceptors (Lipinski definition) is 4. The van der Waals surface area contributed by atoms with Gasteiger partial charge in [0.15, 0.2) is 17.4 Å². The van der Waals surface area contributed by atoms with E-state index in [2.05, 4.69) is 9.97 Å². The van der Waals surface area contributed by atoms with Crippen LogP contribution in [0, 0.1) is 17.5 Å². The van der Waals surface area contributed by atoms with Crippen LogP contribution in [0.25, 0.3) is 17.1 Å². The first-order valence-corrected chi connectivity index (χ1v) is 9.98. The van der Waals surface area contributed by atoms with E-state index in [0.29, 0.717) is 5.76 Å². The highest BCUT2D eigenvalue weighted by molar-refractivity contribution is 5.63. The molecular weight excluding hydrogens is 435 g/mol. The zero-order valence-electron chi connectivity index (χ0n) is 17.0. The van der Waals surface area contributed by atoms with Crippen molar-refractivity contribution in [2.24, 2.45) is 0 Å². The van der Waals surface area contributed by atoms with Gasteiger partial charge in [-0.15, -0.1) is 0 Å². The van der Waals surface area contributed by atoms with E-state index in [9.17, 15) is 23.1 Å². The second-order valence-corrected chi connectivity index (χ2v) is 7.48. The van der Waals surface area contributed by atoms with E-state index in [1.807, 2.05) is 0 Å². The second kappa shape index (κ2) is 8.01. The Balaban J connectivity index is 1.72. The highest BCUT2D eigenvalue weighted by Gasteiger charge is 2.23. The maximum Gasteiger partial charge on any atom is 0.278 e. The molecule has 0 spiro atoms. The fourth-order valence-electron chi connectivity index (χ4n) is 3.74. The van der Waals surface area contributed by atoms with Gasteiger partial charge in [0, 0.05) is 23.7 Å². The highest BCUT2D eigenvalue weighted by Crippen LogP contribution is 2.30.